The highest BCUT2D eigenvalue weighted by Gasteiger charge is 2.39. The molecule has 2 saturated heterocycles. The molecule has 2 aliphatic rings. The molecule has 0 unspecified atom stereocenters. The summed E-state index contributed by atoms with van der Waals surface area (Å²) < 4.78 is 80.9. The molecule has 2 heterocycles. The lowest BCUT2D eigenvalue weighted by atomic mass is 9.97. The van der Waals surface area contributed by atoms with E-state index in [0.717, 1.165) is 47.8 Å². The predicted molar refractivity (Wildman–Crippen MR) is 165 cm³/mol. The number of aryl methyl sites for hydroxylation is 2. The second kappa shape index (κ2) is 15.9. The number of amides is 1. The Morgan fingerprint density at radius 3 is 1.95 bits per heavy atom. The number of benzene rings is 2. The van der Waals surface area contributed by atoms with E-state index in [1.54, 1.807) is 0 Å². The third-order valence-corrected chi connectivity index (χ3v) is 8.65. The molecule has 0 bridgehead atoms. The van der Waals surface area contributed by atoms with Crippen molar-refractivity contribution in [2.45, 2.75) is 38.7 Å². The Morgan fingerprint density at radius 1 is 0.814 bits per heavy atom. The first kappa shape index (κ1) is 37.3. The molecule has 0 aliphatic carbocycles. The molecule has 4 rings (SSSR count). The van der Waals surface area contributed by atoms with Crippen LogP contribution >= 0.6 is 36.6 Å². The minimum absolute atomic E-state index is 0. The summed E-state index contributed by atoms with van der Waals surface area (Å²) in [4.78, 5) is 19.6. The average Bonchev–Trinajstić information content (AvgIpc) is 2.92. The summed E-state index contributed by atoms with van der Waals surface area (Å²) >= 11 is 1.95. The zero-order valence-electron chi connectivity index (χ0n) is 24.0. The van der Waals surface area contributed by atoms with E-state index in [2.05, 4.69) is 22.0 Å². The van der Waals surface area contributed by atoms with Crippen molar-refractivity contribution < 1.29 is 31.1 Å². The number of thioether (sulfide) groups is 1. The highest BCUT2D eigenvalue weighted by atomic mass is 35.5. The van der Waals surface area contributed by atoms with Gasteiger partial charge in [-0.25, -0.2) is 0 Å². The number of carbonyl (C=O) groups excluding carboxylic acids is 1. The molecule has 1 atom stereocenters. The molecule has 240 valence electrons. The lowest BCUT2D eigenvalue weighted by molar-refractivity contribution is -0.143. The standard InChI is InChI=1S/C30H35F6N3OS.2ClH/c1-21-5-6-23(15-22(21)2)16-27-20-38(8-4-3-7-37-11-13-41-14-12-37)9-10-39(27)28(40)24-17-25(29(31,32)33)19-26(18-24)30(34,35)36;;/h3-6,15,17-19,27H,7-14,16,20H2,1-2H3;2*1H/t27-;;/m1../s1. The number of piperazine rings is 1. The molecule has 0 saturated carbocycles. The number of nitrogens with zero attached hydrogens (tertiary/aromatic N) is 3. The summed E-state index contributed by atoms with van der Waals surface area (Å²) in [5.74, 6) is 1.43. The Labute approximate surface area is 265 Å². The molecule has 2 fully saturated rings. The van der Waals surface area contributed by atoms with Gasteiger partial charge >= 0.3 is 12.4 Å². The fourth-order valence-electron chi connectivity index (χ4n) is 5.21. The van der Waals surface area contributed by atoms with Crippen molar-refractivity contribution in [1.29, 1.82) is 0 Å². The molecular weight excluding hydrogens is 635 g/mol. The van der Waals surface area contributed by atoms with Gasteiger partial charge in [0.05, 0.1) is 11.1 Å². The summed E-state index contributed by atoms with van der Waals surface area (Å²) in [6.45, 7) is 8.69. The fraction of sp³-hybridized carbons (Fsp3) is 0.500. The molecule has 2 aromatic rings. The van der Waals surface area contributed by atoms with Crippen molar-refractivity contribution >= 4 is 42.5 Å². The van der Waals surface area contributed by atoms with Gasteiger partial charge in [0.25, 0.3) is 5.91 Å². The van der Waals surface area contributed by atoms with Gasteiger partial charge in [-0.1, -0.05) is 30.4 Å². The zero-order chi connectivity index (χ0) is 29.8. The van der Waals surface area contributed by atoms with Crippen LogP contribution in [0.5, 0.6) is 0 Å². The summed E-state index contributed by atoms with van der Waals surface area (Å²) in [5, 5.41) is 0. The van der Waals surface area contributed by atoms with Crippen LogP contribution in [-0.2, 0) is 18.8 Å². The minimum Gasteiger partial charge on any atom is -0.333 e. The van der Waals surface area contributed by atoms with Crippen LogP contribution in [0.2, 0.25) is 0 Å². The SMILES string of the molecule is Cc1ccc(C[C@@H]2CN(CC=CCN3CCSCC3)CCN2C(=O)c2cc(C(F)(F)F)cc(C(F)(F)F)c2)cc1C.Cl.Cl. The van der Waals surface area contributed by atoms with Gasteiger partial charge in [0.1, 0.15) is 0 Å². The van der Waals surface area contributed by atoms with Crippen LogP contribution in [0.25, 0.3) is 0 Å². The summed E-state index contributed by atoms with van der Waals surface area (Å²) in [7, 11) is 0. The van der Waals surface area contributed by atoms with Crippen LogP contribution in [0.4, 0.5) is 26.3 Å². The minimum atomic E-state index is -5.02. The maximum absolute atomic E-state index is 13.6. The number of hydrogen-bond donors (Lipinski definition) is 0. The molecular formula is C30H37Cl2F6N3OS. The summed E-state index contributed by atoms with van der Waals surface area (Å²) in [6.07, 6.45) is -5.38. The van der Waals surface area contributed by atoms with Gasteiger partial charge in [-0.05, 0) is 55.2 Å². The second-order valence-electron chi connectivity index (χ2n) is 10.7. The topological polar surface area (TPSA) is 26.8 Å². The lowest BCUT2D eigenvalue weighted by Gasteiger charge is -2.41. The van der Waals surface area contributed by atoms with Crippen molar-refractivity contribution in [2.24, 2.45) is 0 Å². The van der Waals surface area contributed by atoms with Gasteiger partial charge in [-0.3, -0.25) is 14.6 Å². The number of alkyl halides is 6. The summed E-state index contributed by atoms with van der Waals surface area (Å²) in [6, 6.07) is 6.62. The van der Waals surface area contributed by atoms with E-state index in [1.807, 2.05) is 43.8 Å². The fourth-order valence-corrected chi connectivity index (χ4v) is 6.18. The molecule has 0 spiro atoms. The molecule has 0 radical (unpaired) electrons. The van der Waals surface area contributed by atoms with E-state index in [4.69, 9.17) is 0 Å². The lowest BCUT2D eigenvalue weighted by Crippen LogP contribution is -2.56. The van der Waals surface area contributed by atoms with Crippen LogP contribution in [0, 0.1) is 13.8 Å². The Bertz CT molecular complexity index is 1220. The largest absolute Gasteiger partial charge is 0.416 e. The van der Waals surface area contributed by atoms with Gasteiger partial charge in [0.15, 0.2) is 0 Å². The van der Waals surface area contributed by atoms with Gasteiger partial charge in [-0.2, -0.15) is 38.1 Å². The van der Waals surface area contributed by atoms with Crippen molar-refractivity contribution in [3.8, 4) is 0 Å². The third-order valence-electron chi connectivity index (χ3n) is 7.70. The molecule has 13 heteroatoms. The molecule has 4 nitrogen and oxygen atoms in total. The molecule has 2 aromatic carbocycles. The van der Waals surface area contributed by atoms with E-state index in [1.165, 1.54) is 4.90 Å². The first-order valence-electron chi connectivity index (χ1n) is 13.7. The quantitative estimate of drug-likeness (QED) is 0.231. The molecule has 1 amide bonds. The normalized spacial score (nSPS) is 18.8. The summed E-state index contributed by atoms with van der Waals surface area (Å²) in [5.41, 5.74) is -0.454. The molecule has 0 aromatic heterocycles. The van der Waals surface area contributed by atoms with Gasteiger partial charge in [0, 0.05) is 68.9 Å². The smallest absolute Gasteiger partial charge is 0.333 e. The average molecular weight is 673 g/mol. The van der Waals surface area contributed by atoms with E-state index in [-0.39, 0.29) is 37.4 Å². The Kier molecular flexibility index (Phi) is 13.8. The van der Waals surface area contributed by atoms with Gasteiger partial charge < -0.3 is 4.90 Å². The maximum atomic E-state index is 13.6. The van der Waals surface area contributed by atoms with Gasteiger partial charge in [0.2, 0.25) is 0 Å². The Morgan fingerprint density at radius 2 is 1.40 bits per heavy atom. The van der Waals surface area contributed by atoms with Crippen molar-refractivity contribution in [1.82, 2.24) is 14.7 Å². The van der Waals surface area contributed by atoms with E-state index < -0.39 is 41.0 Å². The number of halogens is 8. The highest BCUT2D eigenvalue weighted by molar-refractivity contribution is 7.99. The first-order valence-corrected chi connectivity index (χ1v) is 14.8. The Hall–Kier alpha value is -1.92. The van der Waals surface area contributed by atoms with Crippen molar-refractivity contribution in [3.05, 3.63) is 81.9 Å². The highest BCUT2D eigenvalue weighted by Crippen LogP contribution is 2.37. The molecule has 43 heavy (non-hydrogen) atoms. The van der Waals surface area contributed by atoms with Crippen LogP contribution in [0.3, 0.4) is 0 Å². The van der Waals surface area contributed by atoms with Crippen LogP contribution in [-0.4, -0.2) is 84.0 Å². The van der Waals surface area contributed by atoms with Gasteiger partial charge in [-0.15, -0.1) is 24.8 Å². The zero-order valence-corrected chi connectivity index (χ0v) is 26.5. The monoisotopic (exact) mass is 671 g/mol. The Balaban J connectivity index is 0.00000323. The third kappa shape index (κ3) is 10.3. The van der Waals surface area contributed by atoms with Crippen LogP contribution < -0.4 is 0 Å². The van der Waals surface area contributed by atoms with Crippen molar-refractivity contribution in [3.63, 3.8) is 0 Å². The van der Waals surface area contributed by atoms with E-state index >= 15 is 0 Å². The van der Waals surface area contributed by atoms with Crippen LogP contribution in [0.15, 0.2) is 48.6 Å². The number of hydrogen-bond acceptors (Lipinski definition) is 4. The predicted octanol–water partition coefficient (Wildman–Crippen LogP) is 7.16. The van der Waals surface area contributed by atoms with Crippen molar-refractivity contribution in [2.75, 3.05) is 57.3 Å². The van der Waals surface area contributed by atoms with Crippen LogP contribution in [0.1, 0.15) is 38.2 Å². The van der Waals surface area contributed by atoms with E-state index in [9.17, 15) is 31.1 Å². The molecule has 0 N–H and O–H groups in total. The first-order chi connectivity index (χ1) is 19.3. The van der Waals surface area contributed by atoms with E-state index in [0.29, 0.717) is 38.2 Å². The number of rotatable bonds is 7. The second-order valence-corrected chi connectivity index (χ2v) is 11.9. The number of carbonyl (C=O) groups is 1. The molecule has 2 aliphatic heterocycles. The maximum Gasteiger partial charge on any atom is 0.416 e.